The van der Waals surface area contributed by atoms with Crippen LogP contribution in [0.1, 0.15) is 12.5 Å². The van der Waals surface area contributed by atoms with Crippen molar-refractivity contribution in [2.24, 2.45) is 0 Å². The molecule has 3 rings (SSSR count). The Morgan fingerprint density at radius 2 is 1.96 bits per heavy atom. The molecule has 1 amide bonds. The number of aryl methyl sites for hydroxylation is 1. The fraction of sp³-hybridized carbons (Fsp3) is 0.176. The first-order valence-electron chi connectivity index (χ1n) is 7.72. The molecule has 0 saturated heterocycles. The van der Waals surface area contributed by atoms with Gasteiger partial charge in [-0.25, -0.2) is 4.39 Å². The van der Waals surface area contributed by atoms with E-state index in [1.165, 1.54) is 29.5 Å². The maximum Gasteiger partial charge on any atom is 0.234 e. The summed E-state index contributed by atoms with van der Waals surface area (Å²) in [6.45, 7) is 2.08. The normalized spacial score (nSPS) is 10.6. The van der Waals surface area contributed by atoms with Crippen LogP contribution in [0.5, 0.6) is 0 Å². The molecule has 0 aliphatic rings. The molecule has 2 aromatic carbocycles. The number of aromatic nitrogens is 4. The monoisotopic (exact) mass is 357 g/mol. The smallest absolute Gasteiger partial charge is 0.234 e. The topological polar surface area (TPSA) is 72.7 Å². The minimum absolute atomic E-state index is 0.0712. The van der Waals surface area contributed by atoms with Gasteiger partial charge in [-0.15, -0.1) is 5.10 Å². The lowest BCUT2D eigenvalue weighted by atomic mass is 10.1. The van der Waals surface area contributed by atoms with E-state index in [2.05, 4.69) is 27.8 Å². The maximum absolute atomic E-state index is 13.6. The minimum Gasteiger partial charge on any atom is -0.323 e. The average molecular weight is 357 g/mol. The van der Waals surface area contributed by atoms with Crippen LogP contribution in [0.4, 0.5) is 10.1 Å². The fourth-order valence-electron chi connectivity index (χ4n) is 2.18. The standard InChI is InChI=1S/C17H16FN5OS/c1-2-12-7-9-13(10-8-12)23-17(20-21-22-23)25-11-16(24)19-15-6-4-3-5-14(15)18/h3-10H,2,11H2,1H3,(H,19,24). The zero-order valence-corrected chi connectivity index (χ0v) is 14.3. The number of nitrogens with one attached hydrogen (secondary N) is 1. The molecular formula is C17H16FN5OS. The van der Waals surface area contributed by atoms with Crippen molar-refractivity contribution in [3.05, 3.63) is 59.9 Å². The molecule has 0 radical (unpaired) electrons. The predicted octanol–water partition coefficient (Wildman–Crippen LogP) is 3.09. The van der Waals surface area contributed by atoms with Crippen LogP contribution in [0.3, 0.4) is 0 Å². The highest BCUT2D eigenvalue weighted by Gasteiger charge is 2.12. The van der Waals surface area contributed by atoms with Gasteiger partial charge in [0.1, 0.15) is 5.82 Å². The van der Waals surface area contributed by atoms with Gasteiger partial charge in [-0.3, -0.25) is 4.79 Å². The summed E-state index contributed by atoms with van der Waals surface area (Å²) < 4.78 is 15.1. The molecule has 0 aliphatic carbocycles. The van der Waals surface area contributed by atoms with E-state index < -0.39 is 5.82 Å². The SMILES string of the molecule is CCc1ccc(-n2nnnc2SCC(=O)Nc2ccccc2F)cc1. The second-order valence-corrected chi connectivity index (χ2v) is 6.15. The number of anilines is 1. The molecule has 3 aromatic rings. The Hall–Kier alpha value is -2.74. The van der Waals surface area contributed by atoms with E-state index in [0.717, 1.165) is 12.1 Å². The fourth-order valence-corrected chi connectivity index (χ4v) is 2.87. The Balaban J connectivity index is 1.65. The van der Waals surface area contributed by atoms with Crippen molar-refractivity contribution >= 4 is 23.4 Å². The minimum atomic E-state index is -0.471. The Labute approximate surface area is 148 Å². The van der Waals surface area contributed by atoms with Crippen LogP contribution in [0.15, 0.2) is 53.7 Å². The first kappa shape index (κ1) is 17.1. The number of tetrazole rings is 1. The van der Waals surface area contributed by atoms with Gasteiger partial charge in [0, 0.05) is 0 Å². The number of nitrogens with zero attached hydrogens (tertiary/aromatic N) is 4. The highest BCUT2D eigenvalue weighted by molar-refractivity contribution is 7.99. The van der Waals surface area contributed by atoms with Gasteiger partial charge in [-0.2, -0.15) is 4.68 Å². The van der Waals surface area contributed by atoms with Crippen molar-refractivity contribution in [2.45, 2.75) is 18.5 Å². The van der Waals surface area contributed by atoms with E-state index in [9.17, 15) is 9.18 Å². The van der Waals surface area contributed by atoms with E-state index in [4.69, 9.17) is 0 Å². The average Bonchev–Trinajstić information content (AvgIpc) is 3.10. The Bertz CT molecular complexity index is 865. The third-order valence-corrected chi connectivity index (χ3v) is 4.43. The van der Waals surface area contributed by atoms with Gasteiger partial charge in [0.2, 0.25) is 11.1 Å². The molecule has 1 heterocycles. The second-order valence-electron chi connectivity index (χ2n) is 5.21. The number of benzene rings is 2. The number of rotatable bonds is 6. The molecule has 6 nitrogen and oxygen atoms in total. The van der Waals surface area contributed by atoms with Crippen LogP contribution < -0.4 is 5.32 Å². The third-order valence-electron chi connectivity index (χ3n) is 3.51. The van der Waals surface area contributed by atoms with E-state index in [1.54, 1.807) is 16.8 Å². The van der Waals surface area contributed by atoms with Gasteiger partial charge in [-0.05, 0) is 46.7 Å². The summed E-state index contributed by atoms with van der Waals surface area (Å²) in [4.78, 5) is 12.0. The molecular weight excluding hydrogens is 341 g/mol. The molecule has 25 heavy (non-hydrogen) atoms. The summed E-state index contributed by atoms with van der Waals surface area (Å²) in [6.07, 6.45) is 0.952. The summed E-state index contributed by atoms with van der Waals surface area (Å²) >= 11 is 1.18. The zero-order chi connectivity index (χ0) is 17.6. The summed E-state index contributed by atoms with van der Waals surface area (Å²) in [5.41, 5.74) is 2.19. The molecule has 1 N–H and O–H groups in total. The number of carbonyl (C=O) groups excluding carboxylic acids is 1. The van der Waals surface area contributed by atoms with Gasteiger partial charge >= 0.3 is 0 Å². The second kappa shape index (κ2) is 7.89. The van der Waals surface area contributed by atoms with Crippen molar-refractivity contribution < 1.29 is 9.18 Å². The number of thioether (sulfide) groups is 1. The first-order chi connectivity index (χ1) is 12.2. The predicted molar refractivity (Wildman–Crippen MR) is 94.3 cm³/mol. The van der Waals surface area contributed by atoms with Gasteiger partial charge in [0.05, 0.1) is 17.1 Å². The summed E-state index contributed by atoms with van der Waals surface area (Å²) in [6, 6.07) is 13.9. The van der Waals surface area contributed by atoms with Crippen molar-refractivity contribution in [1.29, 1.82) is 0 Å². The van der Waals surface area contributed by atoms with Crippen molar-refractivity contribution in [3.63, 3.8) is 0 Å². The number of hydrogen-bond acceptors (Lipinski definition) is 5. The molecule has 0 spiro atoms. The quantitative estimate of drug-likeness (QED) is 0.686. The molecule has 128 valence electrons. The number of para-hydroxylation sites is 1. The van der Waals surface area contributed by atoms with E-state index in [-0.39, 0.29) is 17.3 Å². The maximum atomic E-state index is 13.6. The van der Waals surface area contributed by atoms with Crippen LogP contribution in [0.25, 0.3) is 5.69 Å². The molecule has 0 atom stereocenters. The molecule has 0 bridgehead atoms. The molecule has 0 saturated carbocycles. The molecule has 0 fully saturated rings. The molecule has 1 aromatic heterocycles. The lowest BCUT2D eigenvalue weighted by Gasteiger charge is -2.07. The first-order valence-corrected chi connectivity index (χ1v) is 8.71. The largest absolute Gasteiger partial charge is 0.323 e. The highest BCUT2D eigenvalue weighted by atomic mass is 32.2. The van der Waals surface area contributed by atoms with E-state index >= 15 is 0 Å². The van der Waals surface area contributed by atoms with Gasteiger partial charge in [0.25, 0.3) is 0 Å². The van der Waals surface area contributed by atoms with Gasteiger partial charge in [0.15, 0.2) is 0 Å². The third kappa shape index (κ3) is 4.21. The summed E-state index contributed by atoms with van der Waals surface area (Å²) in [7, 11) is 0. The number of amides is 1. The summed E-state index contributed by atoms with van der Waals surface area (Å²) in [5, 5.41) is 14.6. The Morgan fingerprint density at radius 3 is 2.68 bits per heavy atom. The lowest BCUT2D eigenvalue weighted by Crippen LogP contribution is -2.15. The highest BCUT2D eigenvalue weighted by Crippen LogP contribution is 2.19. The Kier molecular flexibility index (Phi) is 5.39. The van der Waals surface area contributed by atoms with Gasteiger partial charge in [-0.1, -0.05) is 43.0 Å². The molecule has 8 heteroatoms. The van der Waals surface area contributed by atoms with Crippen LogP contribution in [0.2, 0.25) is 0 Å². The molecule has 0 aliphatic heterocycles. The van der Waals surface area contributed by atoms with Crippen molar-refractivity contribution in [3.8, 4) is 5.69 Å². The van der Waals surface area contributed by atoms with Crippen molar-refractivity contribution in [2.75, 3.05) is 11.1 Å². The van der Waals surface area contributed by atoms with Gasteiger partial charge < -0.3 is 5.32 Å². The number of carbonyl (C=O) groups is 1. The number of hydrogen-bond donors (Lipinski definition) is 1. The molecule has 0 unspecified atom stereocenters. The summed E-state index contributed by atoms with van der Waals surface area (Å²) in [5.74, 6) is -0.727. The lowest BCUT2D eigenvalue weighted by molar-refractivity contribution is -0.113. The Morgan fingerprint density at radius 1 is 1.20 bits per heavy atom. The van der Waals surface area contributed by atoms with Crippen molar-refractivity contribution in [1.82, 2.24) is 20.2 Å². The van der Waals surface area contributed by atoms with Crippen LogP contribution in [0, 0.1) is 5.82 Å². The zero-order valence-electron chi connectivity index (χ0n) is 13.5. The van der Waals surface area contributed by atoms with Crippen LogP contribution >= 0.6 is 11.8 Å². The van der Waals surface area contributed by atoms with Crippen LogP contribution in [-0.4, -0.2) is 31.9 Å². The van der Waals surface area contributed by atoms with Crippen LogP contribution in [-0.2, 0) is 11.2 Å². The van der Waals surface area contributed by atoms with E-state index in [0.29, 0.717) is 5.16 Å². The van der Waals surface area contributed by atoms with E-state index in [1.807, 2.05) is 24.3 Å². The number of halogens is 1.